The van der Waals surface area contributed by atoms with E-state index < -0.39 is 12.1 Å². The molecule has 3 aromatic rings. The van der Waals surface area contributed by atoms with Crippen LogP contribution in [0.25, 0.3) is 10.9 Å². The van der Waals surface area contributed by atoms with E-state index in [0.29, 0.717) is 13.0 Å². The number of ether oxygens (including phenoxy) is 1. The highest BCUT2D eigenvalue weighted by molar-refractivity contribution is 5.97. The van der Waals surface area contributed by atoms with Gasteiger partial charge in [-0.25, -0.2) is 0 Å². The summed E-state index contributed by atoms with van der Waals surface area (Å²) in [5, 5.41) is 11.2. The largest absolute Gasteiger partial charge is 0.508 e. The molecule has 2 aliphatic heterocycles. The lowest BCUT2D eigenvalue weighted by atomic mass is 9.86. The Morgan fingerprint density at radius 1 is 1.14 bits per heavy atom. The molecule has 1 saturated heterocycles. The summed E-state index contributed by atoms with van der Waals surface area (Å²) in [6, 6.07) is 11.7. The van der Waals surface area contributed by atoms with E-state index in [9.17, 15) is 14.7 Å². The molecule has 2 aliphatic rings. The first-order chi connectivity index (χ1) is 17.4. The van der Waals surface area contributed by atoms with E-state index in [-0.39, 0.29) is 24.1 Å². The summed E-state index contributed by atoms with van der Waals surface area (Å²) in [5.74, 6) is 0.785. The fourth-order valence-electron chi connectivity index (χ4n) is 5.73. The fraction of sp³-hybridized carbons (Fsp3) is 0.429. The van der Waals surface area contributed by atoms with Crippen LogP contribution in [0.2, 0.25) is 0 Å². The summed E-state index contributed by atoms with van der Waals surface area (Å²) in [4.78, 5) is 36.7. The zero-order valence-corrected chi connectivity index (χ0v) is 21.2. The summed E-state index contributed by atoms with van der Waals surface area (Å²) < 4.78 is 5.46. The Hall–Kier alpha value is -3.52. The normalized spacial score (nSPS) is 19.7. The first kappa shape index (κ1) is 24.2. The number of carbonyl (C=O) groups excluding carboxylic acids is 2. The van der Waals surface area contributed by atoms with Gasteiger partial charge in [-0.1, -0.05) is 26.0 Å². The quantitative estimate of drug-likeness (QED) is 0.506. The second-order valence-electron chi connectivity index (χ2n) is 9.59. The Labute approximate surface area is 211 Å². The number of aromatic hydroxyl groups is 1. The number of H-pyrrole nitrogens is 1. The van der Waals surface area contributed by atoms with E-state index >= 15 is 0 Å². The number of benzene rings is 2. The number of aromatic nitrogens is 1. The molecule has 0 aliphatic carbocycles. The van der Waals surface area contributed by atoms with Crippen molar-refractivity contribution in [2.45, 2.75) is 38.8 Å². The van der Waals surface area contributed by atoms with Crippen molar-refractivity contribution in [3.05, 3.63) is 59.3 Å². The van der Waals surface area contributed by atoms with Gasteiger partial charge in [0.25, 0.3) is 0 Å². The number of hydrogen-bond acceptors (Lipinski definition) is 5. The van der Waals surface area contributed by atoms with Crippen LogP contribution in [0.4, 0.5) is 0 Å². The number of nitrogens with one attached hydrogen (secondary N) is 1. The van der Waals surface area contributed by atoms with Crippen molar-refractivity contribution in [2.75, 3.05) is 39.8 Å². The van der Waals surface area contributed by atoms with Crippen molar-refractivity contribution in [2.24, 2.45) is 0 Å². The molecule has 2 atom stereocenters. The molecule has 0 spiro atoms. The number of rotatable bonds is 8. The van der Waals surface area contributed by atoms with Gasteiger partial charge in [-0.05, 0) is 67.5 Å². The van der Waals surface area contributed by atoms with E-state index in [4.69, 9.17) is 4.74 Å². The van der Waals surface area contributed by atoms with Gasteiger partial charge in [0.15, 0.2) is 0 Å². The summed E-state index contributed by atoms with van der Waals surface area (Å²) in [7, 11) is 1.64. The third-order valence-corrected chi connectivity index (χ3v) is 7.62. The molecule has 0 radical (unpaired) electrons. The molecule has 8 nitrogen and oxygen atoms in total. The monoisotopic (exact) mass is 490 g/mol. The van der Waals surface area contributed by atoms with Crippen molar-refractivity contribution in [3.63, 3.8) is 0 Å². The minimum absolute atomic E-state index is 0.0119. The smallest absolute Gasteiger partial charge is 0.246 e. The van der Waals surface area contributed by atoms with Crippen molar-refractivity contribution < 1.29 is 19.4 Å². The number of carbonyl (C=O) groups is 2. The SMILES string of the molecule is CCN(CC)CCCN1CC(=O)N2C(Cc3c([nH]c4ccc(OC)cc34)C2c2cccc(O)c2)C1=O. The van der Waals surface area contributed by atoms with Crippen LogP contribution in [0.5, 0.6) is 11.5 Å². The van der Waals surface area contributed by atoms with Gasteiger partial charge in [-0.15, -0.1) is 0 Å². The predicted octanol–water partition coefficient (Wildman–Crippen LogP) is 3.30. The van der Waals surface area contributed by atoms with Crippen LogP contribution >= 0.6 is 0 Å². The number of fused-ring (bicyclic) bond motifs is 4. The van der Waals surface area contributed by atoms with Crippen LogP contribution in [-0.2, 0) is 16.0 Å². The highest BCUT2D eigenvalue weighted by atomic mass is 16.5. The highest BCUT2D eigenvalue weighted by Crippen LogP contribution is 2.43. The Morgan fingerprint density at radius 3 is 2.67 bits per heavy atom. The molecule has 2 N–H and O–H groups in total. The molecule has 2 aromatic carbocycles. The Morgan fingerprint density at radius 2 is 1.94 bits per heavy atom. The molecule has 1 fully saturated rings. The molecular formula is C28H34N4O4. The lowest BCUT2D eigenvalue weighted by Gasteiger charge is -2.47. The van der Waals surface area contributed by atoms with Crippen molar-refractivity contribution >= 4 is 22.7 Å². The van der Waals surface area contributed by atoms with Gasteiger partial charge in [-0.2, -0.15) is 0 Å². The summed E-state index contributed by atoms with van der Waals surface area (Å²) in [5.41, 5.74) is 3.61. The Balaban J connectivity index is 1.54. The average molecular weight is 491 g/mol. The molecule has 2 unspecified atom stereocenters. The second-order valence-corrected chi connectivity index (χ2v) is 9.59. The maximum atomic E-state index is 13.8. The van der Waals surface area contributed by atoms with Crippen LogP contribution in [0, 0.1) is 0 Å². The second kappa shape index (κ2) is 9.85. The number of aromatic amines is 1. The molecular weight excluding hydrogens is 456 g/mol. The number of phenols is 1. The standard InChI is InChI=1S/C28H34N4O4/c1-4-30(5-2)12-7-13-31-17-25(34)32-24(28(31)35)16-22-21-15-20(36-3)10-11-23(21)29-26(22)27(32)18-8-6-9-19(33)14-18/h6,8-11,14-15,24,27,29,33H,4-5,7,12-13,16-17H2,1-3H3. The molecule has 190 valence electrons. The molecule has 5 rings (SSSR count). The minimum atomic E-state index is -0.593. The fourth-order valence-corrected chi connectivity index (χ4v) is 5.73. The van der Waals surface area contributed by atoms with Crippen LogP contribution in [0.3, 0.4) is 0 Å². The first-order valence-electron chi connectivity index (χ1n) is 12.7. The van der Waals surface area contributed by atoms with Crippen molar-refractivity contribution in [1.82, 2.24) is 19.7 Å². The third-order valence-electron chi connectivity index (χ3n) is 7.62. The molecule has 0 saturated carbocycles. The van der Waals surface area contributed by atoms with E-state index in [0.717, 1.165) is 59.5 Å². The van der Waals surface area contributed by atoms with Crippen LogP contribution in [0.15, 0.2) is 42.5 Å². The van der Waals surface area contributed by atoms with E-state index in [2.05, 4.69) is 23.7 Å². The van der Waals surface area contributed by atoms with E-state index in [1.807, 2.05) is 24.3 Å². The third kappa shape index (κ3) is 4.19. The van der Waals surface area contributed by atoms with Gasteiger partial charge in [0.2, 0.25) is 11.8 Å². The lowest BCUT2D eigenvalue weighted by molar-refractivity contribution is -0.158. The first-order valence-corrected chi connectivity index (χ1v) is 12.7. The summed E-state index contributed by atoms with van der Waals surface area (Å²) in [6.07, 6.45) is 1.27. The maximum absolute atomic E-state index is 13.8. The van der Waals surface area contributed by atoms with Crippen molar-refractivity contribution in [3.8, 4) is 11.5 Å². The lowest BCUT2D eigenvalue weighted by Crippen LogP contribution is -2.63. The molecule has 3 heterocycles. The van der Waals surface area contributed by atoms with Crippen molar-refractivity contribution in [1.29, 1.82) is 0 Å². The van der Waals surface area contributed by atoms with Gasteiger partial charge in [0.1, 0.15) is 17.5 Å². The number of amides is 2. The van der Waals surface area contributed by atoms with E-state index in [1.165, 1.54) is 0 Å². The number of methoxy groups -OCH3 is 1. The molecule has 0 bridgehead atoms. The average Bonchev–Trinajstić information content (AvgIpc) is 3.25. The molecule has 36 heavy (non-hydrogen) atoms. The van der Waals surface area contributed by atoms with Gasteiger partial charge in [-0.3, -0.25) is 9.59 Å². The number of phenolic OH excluding ortho intramolecular Hbond substituents is 1. The van der Waals surface area contributed by atoms with Gasteiger partial charge >= 0.3 is 0 Å². The maximum Gasteiger partial charge on any atom is 0.246 e. The van der Waals surface area contributed by atoms with Crippen LogP contribution < -0.4 is 4.74 Å². The van der Waals surface area contributed by atoms with Gasteiger partial charge in [0, 0.05) is 29.6 Å². The van der Waals surface area contributed by atoms with Gasteiger partial charge in [0.05, 0.1) is 19.7 Å². The predicted molar refractivity (Wildman–Crippen MR) is 138 cm³/mol. The van der Waals surface area contributed by atoms with Crippen LogP contribution in [0.1, 0.15) is 43.1 Å². The zero-order chi connectivity index (χ0) is 25.4. The van der Waals surface area contributed by atoms with E-state index in [1.54, 1.807) is 35.1 Å². The molecule has 2 amide bonds. The number of hydrogen-bond donors (Lipinski definition) is 2. The summed E-state index contributed by atoms with van der Waals surface area (Å²) in [6.45, 7) is 7.75. The highest BCUT2D eigenvalue weighted by Gasteiger charge is 2.48. The Kier molecular flexibility index (Phi) is 6.62. The number of piperazine rings is 1. The zero-order valence-electron chi connectivity index (χ0n) is 21.2. The van der Waals surface area contributed by atoms with Gasteiger partial charge < -0.3 is 29.5 Å². The van der Waals surface area contributed by atoms with Crippen LogP contribution in [-0.4, -0.2) is 82.5 Å². The number of nitrogens with zero attached hydrogens (tertiary/aromatic N) is 3. The molecule has 8 heteroatoms. The minimum Gasteiger partial charge on any atom is -0.508 e. The summed E-state index contributed by atoms with van der Waals surface area (Å²) >= 11 is 0. The Bertz CT molecular complexity index is 1280. The topological polar surface area (TPSA) is 89.1 Å². The molecule has 1 aromatic heterocycles.